The Morgan fingerprint density at radius 1 is 0.723 bits per heavy atom. The highest BCUT2D eigenvalue weighted by molar-refractivity contribution is 5.36. The van der Waals surface area contributed by atoms with E-state index >= 15 is 0 Å². The average molecular weight is 691 g/mol. The Kier molecular flexibility index (Phi) is 11.6. The van der Waals surface area contributed by atoms with Crippen molar-refractivity contribution in [3.63, 3.8) is 0 Å². The fourth-order valence-corrected chi connectivity index (χ4v) is 6.11. The monoisotopic (exact) mass is 690 g/mol. The highest BCUT2D eigenvalue weighted by atomic mass is 19.3. The maximum Gasteiger partial charge on any atom is 0.432 e. The van der Waals surface area contributed by atoms with E-state index in [9.17, 15) is 48.3 Å². The first kappa shape index (κ1) is 36.6. The van der Waals surface area contributed by atoms with Gasteiger partial charge in [0.05, 0.1) is 17.9 Å². The number of ether oxygens (including phenoxy) is 4. The summed E-state index contributed by atoms with van der Waals surface area (Å²) < 4.78 is 175. The van der Waals surface area contributed by atoms with E-state index in [4.69, 9.17) is 4.74 Å². The molecule has 0 aliphatic heterocycles. The van der Waals surface area contributed by atoms with Crippen molar-refractivity contribution in [2.45, 2.75) is 95.6 Å². The van der Waals surface area contributed by atoms with Gasteiger partial charge in [-0.3, -0.25) is 0 Å². The molecule has 0 amide bonds. The maximum absolute atomic E-state index is 15.0. The normalized spacial score (nSPS) is 22.5. The molecule has 0 radical (unpaired) electrons. The molecule has 0 spiro atoms. The summed E-state index contributed by atoms with van der Waals surface area (Å²) in [6, 6.07) is 1.73. The van der Waals surface area contributed by atoms with Gasteiger partial charge in [-0.15, -0.1) is 0 Å². The van der Waals surface area contributed by atoms with Crippen molar-refractivity contribution < 1.29 is 67.2 Å². The third kappa shape index (κ3) is 9.44. The second kappa shape index (κ2) is 14.9. The third-order valence-electron chi connectivity index (χ3n) is 8.48. The summed E-state index contributed by atoms with van der Waals surface area (Å²) in [6.45, 7) is 2.04. The van der Waals surface area contributed by atoms with Crippen molar-refractivity contribution in [3.8, 4) is 17.2 Å². The molecule has 0 unspecified atom stereocenters. The Morgan fingerprint density at radius 3 is 1.83 bits per heavy atom. The zero-order valence-electron chi connectivity index (χ0n) is 25.1. The van der Waals surface area contributed by atoms with Gasteiger partial charge in [0.25, 0.3) is 0 Å². The molecule has 2 aromatic carbocycles. The van der Waals surface area contributed by atoms with Gasteiger partial charge in [0.15, 0.2) is 17.8 Å². The highest BCUT2D eigenvalue weighted by Gasteiger charge is 2.49. The van der Waals surface area contributed by atoms with Gasteiger partial charge in [-0.1, -0.05) is 19.8 Å². The second-order valence-electron chi connectivity index (χ2n) is 11.8. The van der Waals surface area contributed by atoms with Crippen LogP contribution in [0.4, 0.5) is 48.3 Å². The van der Waals surface area contributed by atoms with Crippen LogP contribution in [0.2, 0.25) is 0 Å². The quantitative estimate of drug-likeness (QED) is 0.155. The summed E-state index contributed by atoms with van der Waals surface area (Å²) in [5.41, 5.74) is -2.01. The van der Waals surface area contributed by atoms with E-state index < -0.39 is 82.6 Å². The summed E-state index contributed by atoms with van der Waals surface area (Å²) in [6.07, 6.45) is -12.7. The molecule has 0 N–H and O–H groups in total. The minimum Gasteiger partial charge on any atom is -0.456 e. The van der Waals surface area contributed by atoms with Crippen molar-refractivity contribution in [1.29, 1.82) is 0 Å². The SMILES string of the molecule is CCCC1CCC(C(F)(F)OC2CCC(C(F)(F)Oc3cc(F)c(C(F)(F)Oc4ccc(OC=C(F)F)c(F)c4)c(F)c3)CC2)CC1. The minimum absolute atomic E-state index is 0.0868. The van der Waals surface area contributed by atoms with Crippen LogP contribution < -0.4 is 14.2 Å². The largest absolute Gasteiger partial charge is 0.456 e. The topological polar surface area (TPSA) is 36.9 Å². The lowest BCUT2D eigenvalue weighted by molar-refractivity contribution is -0.306. The van der Waals surface area contributed by atoms with Gasteiger partial charge in [0.1, 0.15) is 28.7 Å². The molecule has 0 heterocycles. The van der Waals surface area contributed by atoms with Crippen LogP contribution in [0.1, 0.15) is 76.7 Å². The number of alkyl halides is 6. The lowest BCUT2D eigenvalue weighted by atomic mass is 9.79. The molecule has 0 bridgehead atoms. The number of rotatable bonds is 13. The molecule has 15 heteroatoms. The molecule has 47 heavy (non-hydrogen) atoms. The summed E-state index contributed by atoms with van der Waals surface area (Å²) in [5, 5.41) is 0. The molecule has 2 aromatic rings. The van der Waals surface area contributed by atoms with Gasteiger partial charge in [-0.2, -0.15) is 35.1 Å². The summed E-state index contributed by atoms with van der Waals surface area (Å²) in [5.74, 6) is -10.5. The third-order valence-corrected chi connectivity index (χ3v) is 8.48. The van der Waals surface area contributed by atoms with Crippen LogP contribution in [-0.2, 0) is 10.8 Å². The van der Waals surface area contributed by atoms with Crippen molar-refractivity contribution in [3.05, 3.63) is 65.7 Å². The second-order valence-corrected chi connectivity index (χ2v) is 11.8. The van der Waals surface area contributed by atoms with E-state index in [1.54, 1.807) is 0 Å². The van der Waals surface area contributed by atoms with Crippen LogP contribution >= 0.6 is 0 Å². The van der Waals surface area contributed by atoms with Gasteiger partial charge in [0.2, 0.25) is 0 Å². The summed E-state index contributed by atoms with van der Waals surface area (Å²) >= 11 is 0. The predicted octanol–water partition coefficient (Wildman–Crippen LogP) is 11.1. The van der Waals surface area contributed by atoms with Crippen molar-refractivity contribution in [2.24, 2.45) is 17.8 Å². The molecule has 0 saturated heterocycles. The molecule has 4 rings (SSSR count). The molecule has 0 aromatic heterocycles. The van der Waals surface area contributed by atoms with Gasteiger partial charge >= 0.3 is 24.4 Å². The van der Waals surface area contributed by atoms with Crippen LogP contribution in [0.25, 0.3) is 0 Å². The molecule has 4 nitrogen and oxygen atoms in total. The maximum atomic E-state index is 15.0. The molecular weight excluding hydrogens is 657 g/mol. The first-order valence-electron chi connectivity index (χ1n) is 15.2. The van der Waals surface area contributed by atoms with E-state index in [1.165, 1.54) is 0 Å². The molecule has 2 saturated carbocycles. The number of hydrogen-bond acceptors (Lipinski definition) is 4. The first-order valence-corrected chi connectivity index (χ1v) is 15.2. The first-order chi connectivity index (χ1) is 22.0. The van der Waals surface area contributed by atoms with Crippen LogP contribution in [0, 0.1) is 35.2 Å². The van der Waals surface area contributed by atoms with Gasteiger partial charge < -0.3 is 18.9 Å². The standard InChI is InChI=1S/C32H33F11O4/c1-2-3-18-4-6-19(7-5-18)30(38,39)45-21-10-8-20(9-11-21)31(40,41)47-23-15-25(34)29(26(35)16-23)32(42,43)46-22-12-13-27(24(33)14-22)44-17-28(36)37/h12-21H,2-11H2,1H3. The number of halogens is 11. The van der Waals surface area contributed by atoms with Crippen molar-refractivity contribution in [2.75, 3.05) is 0 Å². The van der Waals surface area contributed by atoms with E-state index in [1.807, 2.05) is 6.92 Å². The smallest absolute Gasteiger partial charge is 0.432 e. The van der Waals surface area contributed by atoms with E-state index in [0.29, 0.717) is 43.7 Å². The summed E-state index contributed by atoms with van der Waals surface area (Å²) in [4.78, 5) is 0. The predicted molar refractivity (Wildman–Crippen MR) is 146 cm³/mol. The highest BCUT2D eigenvalue weighted by Crippen LogP contribution is 2.45. The van der Waals surface area contributed by atoms with Gasteiger partial charge in [-0.25, -0.2) is 13.2 Å². The van der Waals surface area contributed by atoms with E-state index in [2.05, 4.69) is 14.2 Å². The Hall–Kier alpha value is -3.23. The molecule has 262 valence electrons. The fraction of sp³-hybridized carbons (Fsp3) is 0.562. The number of benzene rings is 2. The average Bonchev–Trinajstić information content (AvgIpc) is 2.96. The Morgan fingerprint density at radius 2 is 1.28 bits per heavy atom. The molecule has 2 aliphatic rings. The Balaban J connectivity index is 1.35. The zero-order chi connectivity index (χ0) is 34.6. The Labute approximate surface area is 263 Å². The Bertz CT molecular complexity index is 1360. The zero-order valence-corrected chi connectivity index (χ0v) is 25.1. The van der Waals surface area contributed by atoms with Crippen LogP contribution in [0.15, 0.2) is 42.7 Å². The van der Waals surface area contributed by atoms with Crippen molar-refractivity contribution >= 4 is 0 Å². The molecule has 0 atom stereocenters. The van der Waals surface area contributed by atoms with Crippen molar-refractivity contribution in [1.82, 2.24) is 0 Å². The molecule has 2 aliphatic carbocycles. The van der Waals surface area contributed by atoms with Crippen LogP contribution in [-0.4, -0.2) is 18.3 Å². The lowest BCUT2D eigenvalue weighted by Crippen LogP contribution is -2.42. The van der Waals surface area contributed by atoms with Crippen LogP contribution in [0.5, 0.6) is 17.2 Å². The van der Waals surface area contributed by atoms with Gasteiger partial charge in [0, 0.05) is 18.2 Å². The lowest BCUT2D eigenvalue weighted by Gasteiger charge is -2.38. The molecule has 2 fully saturated rings. The van der Waals surface area contributed by atoms with E-state index in [-0.39, 0.29) is 50.1 Å². The summed E-state index contributed by atoms with van der Waals surface area (Å²) in [7, 11) is 0. The molecular formula is C32H33F11O4. The van der Waals surface area contributed by atoms with Crippen LogP contribution in [0.3, 0.4) is 0 Å². The minimum atomic E-state index is -4.80. The van der Waals surface area contributed by atoms with Gasteiger partial charge in [-0.05, 0) is 69.4 Å². The van der Waals surface area contributed by atoms with E-state index in [0.717, 1.165) is 12.8 Å². The fourth-order valence-electron chi connectivity index (χ4n) is 6.11. The number of hydrogen-bond donors (Lipinski definition) is 0.